The highest BCUT2D eigenvalue weighted by atomic mass is 16.0. The first-order valence-electron chi connectivity index (χ1n) is 16.0. The third kappa shape index (κ3) is 23.0. The van der Waals surface area contributed by atoms with Crippen molar-refractivity contribution >= 4 is 0 Å². The lowest BCUT2D eigenvalue weighted by Crippen LogP contribution is -2.39. The van der Waals surface area contributed by atoms with E-state index in [0.717, 1.165) is 22.1 Å². The summed E-state index contributed by atoms with van der Waals surface area (Å²) in [5.41, 5.74) is 2.91. The molecule has 0 aromatic heterocycles. The number of unbranched alkanes of at least 4 members (excludes halogenated alkanes) is 12. The Kier molecular flexibility index (Phi) is 25.3. The first kappa shape index (κ1) is 40.4. The molecule has 0 heterocycles. The molecule has 0 fully saturated rings. The van der Waals surface area contributed by atoms with Crippen molar-refractivity contribution in [3.05, 3.63) is 71.8 Å². The topological polar surface area (TPSA) is 60.0 Å². The predicted molar refractivity (Wildman–Crippen MR) is 174 cm³/mol. The number of hydrogen-bond donors (Lipinski definition) is 0. The van der Waals surface area contributed by atoms with Gasteiger partial charge in [-0.25, -0.2) is 0 Å². The van der Waals surface area contributed by atoms with Crippen LogP contribution in [0, 0.1) is 0 Å². The molecule has 2 aromatic carbocycles. The summed E-state index contributed by atoms with van der Waals surface area (Å²) in [4.78, 5) is 0. The third-order valence-electron chi connectivity index (χ3n) is 7.64. The predicted octanol–water partition coefficient (Wildman–Crippen LogP) is 9.67. The summed E-state index contributed by atoms with van der Waals surface area (Å²) in [6.07, 6.45) is 19.6. The monoisotopic (exact) mass is 559 g/mol. The van der Waals surface area contributed by atoms with Crippen molar-refractivity contribution in [1.82, 2.24) is 0 Å². The number of benzene rings is 2. The van der Waals surface area contributed by atoms with Gasteiger partial charge in [-0.15, -0.1) is 0 Å². The molecule has 2 rings (SSSR count). The molecule has 0 aliphatic rings. The van der Waals surface area contributed by atoms with Gasteiger partial charge in [-0.1, -0.05) is 139 Å². The Balaban J connectivity index is 0. The summed E-state index contributed by atoms with van der Waals surface area (Å²) in [5.74, 6) is 0. The fraction of sp³-hybridized carbons (Fsp3) is 0.667. The van der Waals surface area contributed by atoms with Crippen LogP contribution >= 0.6 is 0 Å². The molecule has 0 unspecified atom stereocenters. The second-order valence-electron chi connectivity index (χ2n) is 12.8. The molecular formula is C36H66N2O2. The fourth-order valence-corrected chi connectivity index (χ4v) is 5.31. The van der Waals surface area contributed by atoms with E-state index in [9.17, 15) is 0 Å². The van der Waals surface area contributed by atoms with Crippen LogP contribution in [-0.4, -0.2) is 61.2 Å². The summed E-state index contributed by atoms with van der Waals surface area (Å²) in [7, 11) is 9.40. The summed E-state index contributed by atoms with van der Waals surface area (Å²) in [5, 5.41) is 0. The van der Waals surface area contributed by atoms with Crippen LogP contribution in [0.1, 0.15) is 115 Å². The number of quaternary nitrogens is 2. The van der Waals surface area contributed by atoms with E-state index in [0.29, 0.717) is 0 Å². The quantitative estimate of drug-likeness (QED) is 0.120. The van der Waals surface area contributed by atoms with Gasteiger partial charge in [0.15, 0.2) is 0 Å². The van der Waals surface area contributed by atoms with E-state index in [1.807, 2.05) is 0 Å². The SMILES string of the molecule is CCCCCCCCCC[N+](C)(C)Cc1ccccc1.CCCCCCCC[N+](C)(C)Cc1ccccc1.[OH-].[OH-]. The van der Waals surface area contributed by atoms with Crippen molar-refractivity contribution < 1.29 is 19.9 Å². The van der Waals surface area contributed by atoms with Gasteiger partial charge in [0.2, 0.25) is 0 Å². The molecule has 40 heavy (non-hydrogen) atoms. The van der Waals surface area contributed by atoms with Gasteiger partial charge < -0.3 is 19.9 Å². The summed E-state index contributed by atoms with van der Waals surface area (Å²) >= 11 is 0. The van der Waals surface area contributed by atoms with Crippen LogP contribution in [0.3, 0.4) is 0 Å². The van der Waals surface area contributed by atoms with E-state index in [4.69, 9.17) is 0 Å². The highest BCUT2D eigenvalue weighted by Gasteiger charge is 2.15. The van der Waals surface area contributed by atoms with Gasteiger partial charge in [0.25, 0.3) is 0 Å². The molecule has 0 saturated carbocycles. The third-order valence-corrected chi connectivity index (χ3v) is 7.64. The minimum Gasteiger partial charge on any atom is -0.870 e. The molecule has 4 nitrogen and oxygen atoms in total. The molecule has 0 amide bonds. The molecular weight excluding hydrogens is 492 g/mol. The molecule has 0 bridgehead atoms. The Bertz CT molecular complexity index is 778. The van der Waals surface area contributed by atoms with Crippen LogP contribution in [0.15, 0.2) is 60.7 Å². The van der Waals surface area contributed by atoms with Crippen LogP contribution < -0.4 is 0 Å². The molecule has 0 radical (unpaired) electrons. The Morgan fingerprint density at radius 1 is 0.400 bits per heavy atom. The van der Waals surface area contributed by atoms with Crippen LogP contribution in [0.4, 0.5) is 0 Å². The van der Waals surface area contributed by atoms with Gasteiger partial charge >= 0.3 is 0 Å². The van der Waals surface area contributed by atoms with Crippen LogP contribution in [-0.2, 0) is 13.1 Å². The van der Waals surface area contributed by atoms with E-state index < -0.39 is 0 Å². The summed E-state index contributed by atoms with van der Waals surface area (Å²) < 4.78 is 2.22. The first-order valence-corrected chi connectivity index (χ1v) is 16.0. The van der Waals surface area contributed by atoms with Crippen LogP contribution in [0.2, 0.25) is 0 Å². The maximum Gasteiger partial charge on any atom is 0.104 e. The van der Waals surface area contributed by atoms with Crippen molar-refractivity contribution in [3.8, 4) is 0 Å². The van der Waals surface area contributed by atoms with Gasteiger partial charge in [-0.2, -0.15) is 0 Å². The Morgan fingerprint density at radius 2 is 0.675 bits per heavy atom. The van der Waals surface area contributed by atoms with Crippen LogP contribution in [0.25, 0.3) is 0 Å². The van der Waals surface area contributed by atoms with Gasteiger partial charge in [0.05, 0.1) is 41.3 Å². The lowest BCUT2D eigenvalue weighted by Gasteiger charge is -2.30. The Morgan fingerprint density at radius 3 is 0.975 bits per heavy atom. The normalized spacial score (nSPS) is 11.2. The zero-order chi connectivity index (χ0) is 28.0. The maximum absolute atomic E-state index is 2.36. The van der Waals surface area contributed by atoms with Crippen molar-refractivity contribution in [1.29, 1.82) is 0 Å². The van der Waals surface area contributed by atoms with E-state index in [1.165, 1.54) is 114 Å². The molecule has 232 valence electrons. The number of rotatable bonds is 20. The van der Waals surface area contributed by atoms with E-state index in [1.54, 1.807) is 0 Å². The van der Waals surface area contributed by atoms with Crippen molar-refractivity contribution in [2.45, 2.75) is 117 Å². The van der Waals surface area contributed by atoms with Gasteiger partial charge in [-0.3, -0.25) is 0 Å². The minimum atomic E-state index is 0. The maximum atomic E-state index is 2.36. The highest BCUT2D eigenvalue weighted by molar-refractivity contribution is 5.14. The summed E-state index contributed by atoms with van der Waals surface area (Å²) in [6.45, 7) is 9.45. The standard InChI is InChI=1S/C19H34N.C17H30N.2H2O/c1-4-5-6-7-8-9-10-14-17-20(2,3)18-19-15-12-11-13-16-19;1-4-5-6-7-8-12-15-18(2,3)16-17-13-10-9-11-14-17;;/h11-13,15-16H,4-10,14,17-18H2,1-3H3;9-11,13-14H,4-8,12,15-16H2,1-3H3;2*1H2/q2*+1;;/p-2. The Labute approximate surface area is 249 Å². The van der Waals surface area contributed by atoms with Gasteiger partial charge in [-0.05, 0) is 25.7 Å². The molecule has 2 aromatic rings. The summed E-state index contributed by atoms with van der Waals surface area (Å²) in [6, 6.07) is 21.7. The smallest absolute Gasteiger partial charge is 0.104 e. The zero-order valence-corrected chi connectivity index (χ0v) is 27.3. The van der Waals surface area contributed by atoms with Crippen molar-refractivity contribution in [2.24, 2.45) is 0 Å². The second kappa shape index (κ2) is 25.0. The zero-order valence-electron chi connectivity index (χ0n) is 27.3. The Hall–Kier alpha value is -1.72. The van der Waals surface area contributed by atoms with Gasteiger partial charge in [0, 0.05) is 11.1 Å². The van der Waals surface area contributed by atoms with Gasteiger partial charge in [0.1, 0.15) is 13.1 Å². The van der Waals surface area contributed by atoms with Crippen molar-refractivity contribution in [3.63, 3.8) is 0 Å². The molecule has 0 atom stereocenters. The molecule has 0 saturated heterocycles. The molecule has 0 aliphatic heterocycles. The lowest BCUT2D eigenvalue weighted by atomic mass is 10.1. The van der Waals surface area contributed by atoms with E-state index in [2.05, 4.69) is 103 Å². The number of hydrogen-bond acceptors (Lipinski definition) is 2. The minimum absolute atomic E-state index is 0. The highest BCUT2D eigenvalue weighted by Crippen LogP contribution is 2.14. The average molecular weight is 559 g/mol. The lowest BCUT2D eigenvalue weighted by molar-refractivity contribution is -0.903. The molecule has 2 N–H and O–H groups in total. The average Bonchev–Trinajstić information content (AvgIpc) is 2.89. The first-order chi connectivity index (χ1) is 18.3. The molecule has 0 spiro atoms. The van der Waals surface area contributed by atoms with E-state index >= 15 is 0 Å². The second-order valence-corrected chi connectivity index (χ2v) is 12.8. The largest absolute Gasteiger partial charge is 0.870 e. The van der Waals surface area contributed by atoms with Crippen molar-refractivity contribution in [2.75, 3.05) is 41.3 Å². The van der Waals surface area contributed by atoms with E-state index in [-0.39, 0.29) is 11.0 Å². The van der Waals surface area contributed by atoms with Crippen LogP contribution in [0.5, 0.6) is 0 Å². The fourth-order valence-electron chi connectivity index (χ4n) is 5.31. The molecule has 0 aliphatic carbocycles. The number of nitrogens with zero attached hydrogens (tertiary/aromatic N) is 2. The molecule has 4 heteroatoms.